The maximum absolute atomic E-state index is 13.7. The monoisotopic (exact) mass is 264 g/mol. The van der Waals surface area contributed by atoms with Crippen molar-refractivity contribution >= 4 is 5.69 Å². The van der Waals surface area contributed by atoms with E-state index in [1.807, 2.05) is 6.92 Å². The smallest absolute Gasteiger partial charge is 0.369 e. The third-order valence-corrected chi connectivity index (χ3v) is 2.90. The first kappa shape index (κ1) is 14.8. The second-order valence-corrected chi connectivity index (χ2v) is 4.20. The van der Waals surface area contributed by atoms with Gasteiger partial charge in [0.15, 0.2) is 0 Å². The summed E-state index contributed by atoms with van der Waals surface area (Å²) in [6.07, 6.45) is -3.89. The van der Waals surface area contributed by atoms with Crippen LogP contribution in [0.2, 0.25) is 0 Å². The van der Waals surface area contributed by atoms with Crippen LogP contribution in [0.15, 0.2) is 18.2 Å². The lowest BCUT2D eigenvalue weighted by atomic mass is 10.1. The number of nitrogens with zero attached hydrogens (tertiary/aromatic N) is 1. The van der Waals surface area contributed by atoms with Crippen molar-refractivity contribution in [2.75, 3.05) is 18.5 Å². The molecule has 0 spiro atoms. The van der Waals surface area contributed by atoms with Gasteiger partial charge in [0.2, 0.25) is 0 Å². The van der Waals surface area contributed by atoms with Gasteiger partial charge in [-0.25, -0.2) is 4.39 Å². The van der Waals surface area contributed by atoms with E-state index in [4.69, 9.17) is 5.73 Å². The fourth-order valence-electron chi connectivity index (χ4n) is 1.64. The summed E-state index contributed by atoms with van der Waals surface area (Å²) in [6, 6.07) is 2.50. The molecule has 1 rings (SSSR count). The standard InChI is InChI=1S/C12H16F4N2/c1-8(5-6-17)18(2)11-4-3-9(7-10(11)13)12(14,15)16/h3-4,7-8H,5-6,17H2,1-2H3. The Labute approximate surface area is 103 Å². The summed E-state index contributed by atoms with van der Waals surface area (Å²) in [4.78, 5) is 1.59. The molecule has 0 saturated carbocycles. The van der Waals surface area contributed by atoms with Gasteiger partial charge >= 0.3 is 6.18 Å². The topological polar surface area (TPSA) is 29.3 Å². The zero-order chi connectivity index (χ0) is 13.9. The summed E-state index contributed by atoms with van der Waals surface area (Å²) >= 11 is 0. The highest BCUT2D eigenvalue weighted by Gasteiger charge is 2.31. The Morgan fingerprint density at radius 1 is 1.33 bits per heavy atom. The number of alkyl halides is 3. The van der Waals surface area contributed by atoms with Crippen LogP contribution < -0.4 is 10.6 Å². The summed E-state index contributed by atoms with van der Waals surface area (Å²) in [5.41, 5.74) is 4.56. The maximum Gasteiger partial charge on any atom is 0.416 e. The third kappa shape index (κ3) is 3.35. The molecule has 0 aliphatic heterocycles. The fraction of sp³-hybridized carbons (Fsp3) is 0.500. The maximum atomic E-state index is 13.7. The minimum Gasteiger partial charge on any atom is -0.369 e. The molecular formula is C12H16F4N2. The van der Waals surface area contributed by atoms with Crippen molar-refractivity contribution in [3.63, 3.8) is 0 Å². The van der Waals surface area contributed by atoms with Crippen LogP contribution in [-0.4, -0.2) is 19.6 Å². The van der Waals surface area contributed by atoms with Crippen molar-refractivity contribution in [3.8, 4) is 0 Å². The van der Waals surface area contributed by atoms with Crippen LogP contribution in [0.5, 0.6) is 0 Å². The van der Waals surface area contributed by atoms with Gasteiger partial charge < -0.3 is 10.6 Å². The molecule has 18 heavy (non-hydrogen) atoms. The van der Waals surface area contributed by atoms with Crippen LogP contribution in [-0.2, 0) is 6.18 Å². The van der Waals surface area contributed by atoms with Gasteiger partial charge in [0, 0.05) is 13.1 Å². The zero-order valence-electron chi connectivity index (χ0n) is 10.3. The Kier molecular flexibility index (Phi) is 4.56. The van der Waals surface area contributed by atoms with Gasteiger partial charge in [0.25, 0.3) is 0 Å². The van der Waals surface area contributed by atoms with E-state index in [2.05, 4.69) is 0 Å². The molecule has 0 aliphatic carbocycles. The predicted molar refractivity (Wildman–Crippen MR) is 62.9 cm³/mol. The van der Waals surface area contributed by atoms with E-state index in [1.54, 1.807) is 11.9 Å². The second-order valence-electron chi connectivity index (χ2n) is 4.20. The molecular weight excluding hydrogens is 248 g/mol. The Hall–Kier alpha value is -1.30. The highest BCUT2D eigenvalue weighted by Crippen LogP contribution is 2.32. The number of nitrogens with two attached hydrogens (primary N) is 1. The molecule has 0 heterocycles. The number of benzene rings is 1. The molecule has 0 amide bonds. The average Bonchev–Trinajstić information content (AvgIpc) is 2.27. The van der Waals surface area contributed by atoms with Gasteiger partial charge in [0.05, 0.1) is 11.3 Å². The van der Waals surface area contributed by atoms with Gasteiger partial charge in [-0.2, -0.15) is 13.2 Å². The first-order valence-electron chi connectivity index (χ1n) is 5.57. The molecule has 2 nitrogen and oxygen atoms in total. The van der Waals surface area contributed by atoms with E-state index >= 15 is 0 Å². The Bertz CT molecular complexity index is 404. The molecule has 0 aromatic heterocycles. The molecule has 0 saturated heterocycles. The molecule has 0 bridgehead atoms. The normalized spacial score (nSPS) is 13.5. The minimum absolute atomic E-state index is 0.0405. The molecule has 0 radical (unpaired) electrons. The zero-order valence-corrected chi connectivity index (χ0v) is 10.3. The Balaban J connectivity index is 2.99. The lowest BCUT2D eigenvalue weighted by Gasteiger charge is -2.27. The van der Waals surface area contributed by atoms with Crippen LogP contribution >= 0.6 is 0 Å². The van der Waals surface area contributed by atoms with E-state index in [9.17, 15) is 17.6 Å². The quantitative estimate of drug-likeness (QED) is 0.847. The molecule has 1 unspecified atom stereocenters. The van der Waals surface area contributed by atoms with Crippen LogP contribution in [0.25, 0.3) is 0 Å². The van der Waals surface area contributed by atoms with Crippen LogP contribution in [0, 0.1) is 5.82 Å². The van der Waals surface area contributed by atoms with E-state index in [1.165, 1.54) is 0 Å². The summed E-state index contributed by atoms with van der Waals surface area (Å²) in [5, 5.41) is 0. The van der Waals surface area contributed by atoms with Crippen molar-refractivity contribution in [2.24, 2.45) is 5.73 Å². The van der Waals surface area contributed by atoms with Crippen LogP contribution in [0.4, 0.5) is 23.2 Å². The molecule has 102 valence electrons. The lowest BCUT2D eigenvalue weighted by molar-refractivity contribution is -0.137. The van der Waals surface area contributed by atoms with Gasteiger partial charge in [-0.1, -0.05) is 0 Å². The molecule has 1 aromatic rings. The van der Waals surface area contributed by atoms with Gasteiger partial charge in [-0.05, 0) is 38.1 Å². The number of hydrogen-bond donors (Lipinski definition) is 1. The van der Waals surface area contributed by atoms with Gasteiger partial charge in [-0.3, -0.25) is 0 Å². The Morgan fingerprint density at radius 2 is 1.94 bits per heavy atom. The lowest BCUT2D eigenvalue weighted by Crippen LogP contribution is -2.31. The molecule has 2 N–H and O–H groups in total. The minimum atomic E-state index is -4.53. The SMILES string of the molecule is CC(CCN)N(C)c1ccc(C(F)(F)F)cc1F. The Morgan fingerprint density at radius 3 is 2.39 bits per heavy atom. The summed E-state index contributed by atoms with van der Waals surface area (Å²) < 4.78 is 50.8. The van der Waals surface area contributed by atoms with Crippen molar-refractivity contribution in [2.45, 2.75) is 25.6 Å². The van der Waals surface area contributed by atoms with Crippen LogP contribution in [0.3, 0.4) is 0 Å². The number of halogens is 4. The highest BCUT2D eigenvalue weighted by atomic mass is 19.4. The molecule has 1 aromatic carbocycles. The third-order valence-electron chi connectivity index (χ3n) is 2.90. The van der Waals surface area contributed by atoms with E-state index < -0.39 is 17.6 Å². The van der Waals surface area contributed by atoms with Crippen molar-refractivity contribution < 1.29 is 17.6 Å². The first-order valence-corrected chi connectivity index (χ1v) is 5.57. The van der Waals surface area contributed by atoms with Crippen molar-refractivity contribution in [1.82, 2.24) is 0 Å². The average molecular weight is 264 g/mol. The van der Waals surface area contributed by atoms with Gasteiger partial charge in [0.1, 0.15) is 5.82 Å². The molecule has 0 fully saturated rings. The number of rotatable bonds is 4. The fourth-order valence-corrected chi connectivity index (χ4v) is 1.64. The largest absolute Gasteiger partial charge is 0.416 e. The highest BCUT2D eigenvalue weighted by molar-refractivity contribution is 5.49. The van der Waals surface area contributed by atoms with E-state index in [-0.39, 0.29) is 11.7 Å². The van der Waals surface area contributed by atoms with Crippen molar-refractivity contribution in [3.05, 3.63) is 29.6 Å². The molecule has 6 heteroatoms. The summed E-state index contributed by atoms with van der Waals surface area (Å²) in [5.74, 6) is -0.879. The number of anilines is 1. The van der Waals surface area contributed by atoms with Crippen LogP contribution in [0.1, 0.15) is 18.9 Å². The van der Waals surface area contributed by atoms with E-state index in [0.717, 1.165) is 12.1 Å². The van der Waals surface area contributed by atoms with E-state index in [0.29, 0.717) is 19.0 Å². The number of hydrogen-bond acceptors (Lipinski definition) is 2. The first-order chi connectivity index (χ1) is 8.27. The summed E-state index contributed by atoms with van der Waals surface area (Å²) in [6.45, 7) is 2.28. The summed E-state index contributed by atoms with van der Waals surface area (Å²) in [7, 11) is 1.63. The second kappa shape index (κ2) is 5.56. The predicted octanol–water partition coefficient (Wildman–Crippen LogP) is 3.02. The molecule has 1 atom stereocenters. The molecule has 0 aliphatic rings. The van der Waals surface area contributed by atoms with Crippen molar-refractivity contribution in [1.29, 1.82) is 0 Å². The van der Waals surface area contributed by atoms with Gasteiger partial charge in [-0.15, -0.1) is 0 Å².